The molecule has 2 aromatic rings. The minimum Gasteiger partial charge on any atom is -0.329 e. The maximum Gasteiger partial charge on any atom is 0.0951 e. The number of nitrogens with two attached hydrogens (primary N) is 1. The van der Waals surface area contributed by atoms with E-state index in [0.29, 0.717) is 0 Å². The summed E-state index contributed by atoms with van der Waals surface area (Å²) in [6.07, 6.45) is 6.65. The zero-order valence-electron chi connectivity index (χ0n) is 10.6. The first-order valence-electron chi connectivity index (χ1n) is 5.88. The third-order valence-electron chi connectivity index (χ3n) is 2.88. The first-order chi connectivity index (χ1) is 8.11. The number of aryl methyl sites for hydroxylation is 2. The fourth-order valence-corrected chi connectivity index (χ4v) is 2.04. The molecule has 2 aromatic heterocycles. The number of rotatable bonds is 4. The Labute approximate surface area is 101 Å². The van der Waals surface area contributed by atoms with Crippen molar-refractivity contribution in [3.8, 4) is 0 Å². The summed E-state index contributed by atoms with van der Waals surface area (Å²) in [5.74, 6) is 0. The molecule has 0 fully saturated rings. The van der Waals surface area contributed by atoms with Gasteiger partial charge in [0.15, 0.2) is 0 Å². The maximum absolute atomic E-state index is 5.91. The molecule has 17 heavy (non-hydrogen) atoms. The van der Waals surface area contributed by atoms with E-state index < -0.39 is 0 Å². The molecule has 0 bridgehead atoms. The van der Waals surface area contributed by atoms with Crippen LogP contribution in [0.2, 0.25) is 0 Å². The topological polar surface area (TPSA) is 61.7 Å². The highest BCUT2D eigenvalue weighted by Gasteiger charge is 2.10. The SMILES string of the molecule is CCc1nn(C)cc1Cn1cncc1C(C)N. The number of aromatic nitrogens is 4. The van der Waals surface area contributed by atoms with Crippen LogP contribution in [0.25, 0.3) is 0 Å². The first kappa shape index (κ1) is 11.9. The zero-order chi connectivity index (χ0) is 12.4. The molecule has 1 unspecified atom stereocenters. The lowest BCUT2D eigenvalue weighted by molar-refractivity contribution is 0.671. The molecule has 5 nitrogen and oxygen atoms in total. The predicted octanol–water partition coefficient (Wildman–Crippen LogP) is 1.25. The van der Waals surface area contributed by atoms with Crippen LogP contribution in [0.5, 0.6) is 0 Å². The standard InChI is InChI=1S/C12H19N5/c1-4-11-10(6-16(3)15-11)7-17-8-14-5-12(17)9(2)13/h5-6,8-9H,4,7,13H2,1-3H3. The Morgan fingerprint density at radius 2 is 2.24 bits per heavy atom. The lowest BCUT2D eigenvalue weighted by Gasteiger charge is -2.10. The Morgan fingerprint density at radius 1 is 1.47 bits per heavy atom. The van der Waals surface area contributed by atoms with Crippen LogP contribution in [0.4, 0.5) is 0 Å². The predicted molar refractivity (Wildman–Crippen MR) is 66.5 cm³/mol. The van der Waals surface area contributed by atoms with E-state index in [1.807, 2.05) is 31.2 Å². The molecule has 0 aromatic carbocycles. The molecule has 0 radical (unpaired) electrons. The second-order valence-electron chi connectivity index (χ2n) is 4.36. The van der Waals surface area contributed by atoms with Gasteiger partial charge in [-0.15, -0.1) is 0 Å². The van der Waals surface area contributed by atoms with Crippen molar-refractivity contribution in [2.24, 2.45) is 12.8 Å². The average Bonchev–Trinajstić information content (AvgIpc) is 2.85. The van der Waals surface area contributed by atoms with Crippen molar-refractivity contribution in [3.05, 3.63) is 35.7 Å². The van der Waals surface area contributed by atoms with Crippen molar-refractivity contribution in [3.63, 3.8) is 0 Å². The summed E-state index contributed by atoms with van der Waals surface area (Å²) < 4.78 is 3.94. The zero-order valence-corrected chi connectivity index (χ0v) is 10.6. The van der Waals surface area contributed by atoms with Gasteiger partial charge < -0.3 is 10.3 Å². The van der Waals surface area contributed by atoms with Gasteiger partial charge in [-0.2, -0.15) is 5.10 Å². The van der Waals surface area contributed by atoms with E-state index in [1.165, 1.54) is 5.56 Å². The van der Waals surface area contributed by atoms with E-state index in [1.54, 1.807) is 0 Å². The lowest BCUT2D eigenvalue weighted by Crippen LogP contribution is -2.12. The molecule has 0 saturated heterocycles. The van der Waals surface area contributed by atoms with Crippen LogP contribution in [0.3, 0.4) is 0 Å². The van der Waals surface area contributed by atoms with Crippen LogP contribution < -0.4 is 5.73 Å². The molecule has 0 spiro atoms. The van der Waals surface area contributed by atoms with E-state index in [4.69, 9.17) is 5.73 Å². The Balaban J connectivity index is 2.28. The van der Waals surface area contributed by atoms with Crippen molar-refractivity contribution in [1.82, 2.24) is 19.3 Å². The third-order valence-corrected chi connectivity index (χ3v) is 2.88. The molecule has 0 aliphatic heterocycles. The Bertz CT molecular complexity index is 495. The highest BCUT2D eigenvalue weighted by molar-refractivity contribution is 5.19. The van der Waals surface area contributed by atoms with Gasteiger partial charge in [-0.05, 0) is 13.3 Å². The van der Waals surface area contributed by atoms with E-state index in [-0.39, 0.29) is 6.04 Å². The van der Waals surface area contributed by atoms with Gasteiger partial charge >= 0.3 is 0 Å². The van der Waals surface area contributed by atoms with Gasteiger partial charge in [0.25, 0.3) is 0 Å². The molecule has 2 N–H and O–H groups in total. The van der Waals surface area contributed by atoms with Gasteiger partial charge in [-0.25, -0.2) is 4.98 Å². The van der Waals surface area contributed by atoms with Gasteiger partial charge in [-0.3, -0.25) is 4.68 Å². The number of imidazole rings is 1. The number of hydrogen-bond acceptors (Lipinski definition) is 3. The Morgan fingerprint density at radius 3 is 2.88 bits per heavy atom. The van der Waals surface area contributed by atoms with Crippen molar-refractivity contribution in [1.29, 1.82) is 0 Å². The first-order valence-corrected chi connectivity index (χ1v) is 5.88. The molecule has 2 heterocycles. The largest absolute Gasteiger partial charge is 0.329 e. The molecular weight excluding hydrogens is 214 g/mol. The highest BCUT2D eigenvalue weighted by atomic mass is 15.3. The van der Waals surface area contributed by atoms with Crippen LogP contribution in [-0.2, 0) is 20.0 Å². The van der Waals surface area contributed by atoms with Crippen LogP contribution in [0.15, 0.2) is 18.7 Å². The van der Waals surface area contributed by atoms with E-state index in [0.717, 1.165) is 24.4 Å². The van der Waals surface area contributed by atoms with Crippen molar-refractivity contribution >= 4 is 0 Å². The van der Waals surface area contributed by atoms with Crippen LogP contribution in [0.1, 0.15) is 36.8 Å². The third kappa shape index (κ3) is 2.39. The van der Waals surface area contributed by atoms with Gasteiger partial charge in [0.05, 0.1) is 24.3 Å². The summed E-state index contributed by atoms with van der Waals surface area (Å²) in [5, 5.41) is 4.44. The molecular formula is C12H19N5. The Kier molecular flexibility index (Phi) is 3.28. The molecule has 1 atom stereocenters. The molecule has 0 amide bonds. The summed E-state index contributed by atoms with van der Waals surface area (Å²) in [4.78, 5) is 4.16. The van der Waals surface area contributed by atoms with Gasteiger partial charge in [0.2, 0.25) is 0 Å². The fraction of sp³-hybridized carbons (Fsp3) is 0.500. The summed E-state index contributed by atoms with van der Waals surface area (Å²) >= 11 is 0. The monoisotopic (exact) mass is 233 g/mol. The van der Waals surface area contributed by atoms with Crippen LogP contribution in [-0.4, -0.2) is 19.3 Å². The number of hydrogen-bond donors (Lipinski definition) is 1. The van der Waals surface area contributed by atoms with Crippen molar-refractivity contribution in [2.45, 2.75) is 32.9 Å². The minimum atomic E-state index is -0.000696. The van der Waals surface area contributed by atoms with E-state index in [9.17, 15) is 0 Å². The van der Waals surface area contributed by atoms with E-state index >= 15 is 0 Å². The number of nitrogens with zero attached hydrogens (tertiary/aromatic N) is 4. The van der Waals surface area contributed by atoms with Crippen molar-refractivity contribution in [2.75, 3.05) is 0 Å². The van der Waals surface area contributed by atoms with Crippen molar-refractivity contribution < 1.29 is 0 Å². The normalized spacial score (nSPS) is 12.9. The molecule has 0 aliphatic rings. The van der Waals surface area contributed by atoms with Crippen LogP contribution >= 0.6 is 0 Å². The Hall–Kier alpha value is -1.62. The minimum absolute atomic E-state index is 0.000696. The quantitative estimate of drug-likeness (QED) is 0.864. The molecule has 5 heteroatoms. The molecule has 92 valence electrons. The summed E-state index contributed by atoms with van der Waals surface area (Å²) in [7, 11) is 1.95. The highest BCUT2D eigenvalue weighted by Crippen LogP contribution is 2.14. The van der Waals surface area contributed by atoms with Gasteiger partial charge in [0.1, 0.15) is 0 Å². The molecule has 2 rings (SSSR count). The lowest BCUT2D eigenvalue weighted by atomic mass is 10.2. The van der Waals surface area contributed by atoms with E-state index in [2.05, 4.69) is 27.8 Å². The average molecular weight is 233 g/mol. The smallest absolute Gasteiger partial charge is 0.0951 e. The second-order valence-corrected chi connectivity index (χ2v) is 4.36. The maximum atomic E-state index is 5.91. The molecule has 0 aliphatic carbocycles. The van der Waals surface area contributed by atoms with Crippen LogP contribution in [0, 0.1) is 0 Å². The molecule has 0 saturated carbocycles. The summed E-state index contributed by atoms with van der Waals surface area (Å²) in [5.41, 5.74) is 9.33. The fourth-order valence-electron chi connectivity index (χ4n) is 2.04. The van der Waals surface area contributed by atoms with Gasteiger partial charge in [0, 0.05) is 31.0 Å². The van der Waals surface area contributed by atoms with Gasteiger partial charge in [-0.1, -0.05) is 6.92 Å². The summed E-state index contributed by atoms with van der Waals surface area (Å²) in [6, 6.07) is -0.000696. The summed E-state index contributed by atoms with van der Waals surface area (Å²) in [6.45, 7) is 4.87. The second kappa shape index (κ2) is 4.71.